The largest absolute Gasteiger partial charge is 0.390 e. The van der Waals surface area contributed by atoms with E-state index in [-0.39, 0.29) is 31.2 Å². The molecule has 1 saturated heterocycles. The number of aromatic nitrogens is 3. The lowest BCUT2D eigenvalue weighted by atomic mass is 9.86. The molecular formula is C19H29N5O4S. The highest BCUT2D eigenvalue weighted by Crippen LogP contribution is 2.32. The second-order valence-electron chi connectivity index (χ2n) is 8.28. The summed E-state index contributed by atoms with van der Waals surface area (Å²) < 4.78 is 26.9. The average Bonchev–Trinajstić information content (AvgIpc) is 3.18. The van der Waals surface area contributed by atoms with Crippen LogP contribution in [0.4, 0.5) is 5.82 Å². The van der Waals surface area contributed by atoms with Crippen molar-refractivity contribution in [3.05, 3.63) is 18.6 Å². The number of hydrogen-bond acceptors (Lipinski definition) is 7. The molecule has 3 heterocycles. The van der Waals surface area contributed by atoms with Gasteiger partial charge in [0.05, 0.1) is 23.3 Å². The fourth-order valence-corrected chi connectivity index (χ4v) is 6.46. The number of nitrogens with one attached hydrogen (secondary N) is 1. The van der Waals surface area contributed by atoms with E-state index in [1.54, 1.807) is 6.33 Å². The highest BCUT2D eigenvalue weighted by atomic mass is 32.2. The number of nitrogens with zero attached hydrogens (tertiary/aromatic N) is 4. The zero-order chi connectivity index (χ0) is 20.6. The first-order valence-electron chi connectivity index (χ1n) is 10.2. The van der Waals surface area contributed by atoms with Crippen LogP contribution in [0.5, 0.6) is 0 Å². The molecule has 9 nitrogen and oxygen atoms in total. The maximum absolute atomic E-state index is 12.8. The second kappa shape index (κ2) is 8.17. The Balaban J connectivity index is 1.35. The molecule has 0 spiro atoms. The van der Waals surface area contributed by atoms with E-state index in [0.29, 0.717) is 6.04 Å². The van der Waals surface area contributed by atoms with Gasteiger partial charge in [-0.3, -0.25) is 0 Å². The Labute approximate surface area is 170 Å². The van der Waals surface area contributed by atoms with Gasteiger partial charge in [0, 0.05) is 32.4 Å². The number of anilines is 1. The molecule has 1 saturated carbocycles. The summed E-state index contributed by atoms with van der Waals surface area (Å²) in [6, 6.07) is 2.29. The van der Waals surface area contributed by atoms with E-state index in [1.807, 2.05) is 19.3 Å². The second-order valence-corrected chi connectivity index (χ2v) is 10.3. The van der Waals surface area contributed by atoms with E-state index in [0.717, 1.165) is 42.5 Å². The molecule has 2 aromatic heterocycles. The van der Waals surface area contributed by atoms with Gasteiger partial charge in [0.15, 0.2) is 0 Å². The topological polar surface area (TPSA) is 123 Å². The molecule has 2 atom stereocenters. The molecule has 1 aliphatic heterocycles. The third-order valence-corrected chi connectivity index (χ3v) is 8.39. The Kier molecular flexibility index (Phi) is 5.78. The van der Waals surface area contributed by atoms with Crippen molar-refractivity contribution in [1.82, 2.24) is 19.3 Å². The van der Waals surface area contributed by atoms with Gasteiger partial charge >= 0.3 is 0 Å². The van der Waals surface area contributed by atoms with Crippen LogP contribution >= 0.6 is 0 Å². The van der Waals surface area contributed by atoms with Crippen molar-refractivity contribution in [2.45, 2.75) is 50.4 Å². The Morgan fingerprint density at radius 2 is 1.93 bits per heavy atom. The van der Waals surface area contributed by atoms with E-state index in [9.17, 15) is 18.6 Å². The lowest BCUT2D eigenvalue weighted by Crippen LogP contribution is -2.50. The van der Waals surface area contributed by atoms with Gasteiger partial charge in [-0.05, 0) is 44.1 Å². The van der Waals surface area contributed by atoms with E-state index in [4.69, 9.17) is 0 Å². The van der Waals surface area contributed by atoms with Crippen molar-refractivity contribution in [1.29, 1.82) is 0 Å². The molecular weight excluding hydrogens is 394 g/mol. The molecule has 0 radical (unpaired) electrons. The fraction of sp³-hybridized carbons (Fsp3) is 0.684. The first-order valence-corrected chi connectivity index (χ1v) is 11.8. The van der Waals surface area contributed by atoms with Crippen molar-refractivity contribution in [2.24, 2.45) is 5.92 Å². The molecule has 160 valence electrons. The molecule has 1 aliphatic carbocycles. The van der Waals surface area contributed by atoms with E-state index >= 15 is 0 Å². The minimum absolute atomic E-state index is 0.0119. The zero-order valence-electron chi connectivity index (χ0n) is 16.6. The summed E-state index contributed by atoms with van der Waals surface area (Å²) in [6.45, 7) is 0.265. The highest BCUT2D eigenvalue weighted by Gasteiger charge is 2.35. The van der Waals surface area contributed by atoms with Gasteiger partial charge in [0.1, 0.15) is 17.8 Å². The van der Waals surface area contributed by atoms with Gasteiger partial charge in [0.25, 0.3) is 0 Å². The molecule has 0 aromatic carbocycles. The van der Waals surface area contributed by atoms with Crippen LogP contribution in [0, 0.1) is 5.92 Å². The van der Waals surface area contributed by atoms with Crippen LogP contribution in [0.1, 0.15) is 32.1 Å². The summed E-state index contributed by atoms with van der Waals surface area (Å²) in [4.78, 5) is 14.0. The maximum Gasteiger partial charge on any atom is 0.214 e. The number of hydrogen-bond donors (Lipinski definition) is 3. The number of aromatic amines is 1. The number of H-pyrrole nitrogens is 1. The van der Waals surface area contributed by atoms with Gasteiger partial charge in [-0.25, -0.2) is 18.4 Å². The van der Waals surface area contributed by atoms with Crippen LogP contribution in [0.15, 0.2) is 18.6 Å². The van der Waals surface area contributed by atoms with E-state index < -0.39 is 22.2 Å². The average molecular weight is 424 g/mol. The van der Waals surface area contributed by atoms with E-state index in [1.165, 1.54) is 4.31 Å². The van der Waals surface area contributed by atoms with E-state index in [2.05, 4.69) is 19.9 Å². The molecule has 3 N–H and O–H groups in total. The van der Waals surface area contributed by atoms with Crippen molar-refractivity contribution in [2.75, 3.05) is 30.8 Å². The van der Waals surface area contributed by atoms with Gasteiger partial charge < -0.3 is 20.1 Å². The summed E-state index contributed by atoms with van der Waals surface area (Å²) in [7, 11) is -1.39. The molecule has 0 bridgehead atoms. The van der Waals surface area contributed by atoms with Crippen LogP contribution < -0.4 is 4.90 Å². The Morgan fingerprint density at radius 1 is 1.17 bits per heavy atom. The molecule has 0 amide bonds. The smallest absolute Gasteiger partial charge is 0.214 e. The number of piperidine rings is 1. The van der Waals surface area contributed by atoms with Gasteiger partial charge in [-0.1, -0.05) is 0 Å². The van der Waals surface area contributed by atoms with Gasteiger partial charge in [-0.2, -0.15) is 4.31 Å². The first-order chi connectivity index (χ1) is 13.8. The SMILES string of the molecule is CN(c1ncnc2[nH]ccc12)C1CCC(CS(=O)(=O)N2CC[C@@H](O)[C@H](O)C2)CC1. The molecule has 10 heteroatoms. The van der Waals surface area contributed by atoms with Crippen LogP contribution in [0.25, 0.3) is 11.0 Å². The third kappa shape index (κ3) is 4.25. The predicted octanol–water partition coefficient (Wildman–Crippen LogP) is 0.710. The summed E-state index contributed by atoms with van der Waals surface area (Å²) >= 11 is 0. The number of sulfonamides is 1. The molecule has 2 aromatic rings. The van der Waals surface area contributed by atoms with Crippen LogP contribution in [0.2, 0.25) is 0 Å². The van der Waals surface area contributed by atoms with Crippen molar-refractivity contribution >= 4 is 26.9 Å². The minimum Gasteiger partial charge on any atom is -0.390 e. The summed E-state index contributed by atoms with van der Waals surface area (Å²) in [5, 5.41) is 20.4. The van der Waals surface area contributed by atoms with Crippen molar-refractivity contribution in [3.8, 4) is 0 Å². The molecule has 4 rings (SSSR count). The summed E-state index contributed by atoms with van der Waals surface area (Å²) in [6.07, 6.45) is 5.37. The lowest BCUT2D eigenvalue weighted by Gasteiger charge is -2.37. The lowest BCUT2D eigenvalue weighted by molar-refractivity contribution is -0.0192. The van der Waals surface area contributed by atoms with Crippen molar-refractivity contribution < 1.29 is 18.6 Å². The van der Waals surface area contributed by atoms with Crippen LogP contribution in [-0.2, 0) is 10.0 Å². The van der Waals surface area contributed by atoms with Gasteiger partial charge in [0.2, 0.25) is 10.0 Å². The molecule has 0 unspecified atom stereocenters. The number of aliphatic hydroxyl groups excluding tert-OH is 2. The summed E-state index contributed by atoms with van der Waals surface area (Å²) in [5.74, 6) is 1.13. The fourth-order valence-electron chi connectivity index (χ4n) is 4.56. The number of β-amino-alcohol motifs (C(OH)–C–C–N with tert-alkyl or cyclic N) is 1. The van der Waals surface area contributed by atoms with Crippen molar-refractivity contribution in [3.63, 3.8) is 0 Å². The Bertz CT molecular complexity index is 941. The number of aliphatic hydroxyl groups is 2. The minimum atomic E-state index is -3.43. The maximum atomic E-state index is 12.8. The number of fused-ring (bicyclic) bond motifs is 1. The number of rotatable bonds is 5. The summed E-state index contributed by atoms with van der Waals surface area (Å²) in [5.41, 5.74) is 0.815. The standard InChI is InChI=1S/C19H29N5O4S/c1-23(19-15-6-8-20-18(15)21-12-22-19)14-4-2-13(3-5-14)11-29(27,28)24-9-7-16(25)17(26)10-24/h6,8,12-14,16-17,25-26H,2-5,7,9-11H2,1H3,(H,20,21,22)/t13?,14?,16-,17-/m1/s1. The molecule has 2 aliphatic rings. The zero-order valence-corrected chi connectivity index (χ0v) is 17.4. The molecule has 29 heavy (non-hydrogen) atoms. The monoisotopic (exact) mass is 423 g/mol. The van der Waals surface area contributed by atoms with Crippen LogP contribution in [0.3, 0.4) is 0 Å². The first kappa shape index (κ1) is 20.5. The van der Waals surface area contributed by atoms with Crippen LogP contribution in [-0.4, -0.2) is 82.0 Å². The Hall–Kier alpha value is -1.75. The molecule has 2 fully saturated rings. The Morgan fingerprint density at radius 3 is 2.66 bits per heavy atom. The highest BCUT2D eigenvalue weighted by molar-refractivity contribution is 7.89. The predicted molar refractivity (Wildman–Crippen MR) is 110 cm³/mol. The van der Waals surface area contributed by atoms with Gasteiger partial charge in [-0.15, -0.1) is 0 Å². The third-order valence-electron chi connectivity index (χ3n) is 6.38. The normalized spacial score (nSPS) is 29.2. The quantitative estimate of drug-likeness (QED) is 0.647.